The lowest BCUT2D eigenvalue weighted by atomic mass is 9.98. The van der Waals surface area contributed by atoms with Crippen molar-refractivity contribution in [1.29, 1.82) is 0 Å². The van der Waals surface area contributed by atoms with Gasteiger partial charge in [0.2, 0.25) is 0 Å². The summed E-state index contributed by atoms with van der Waals surface area (Å²) in [6.45, 7) is 12.1. The summed E-state index contributed by atoms with van der Waals surface area (Å²) < 4.78 is 5.78. The number of benzene rings is 1. The number of hydrogen-bond acceptors (Lipinski definition) is 1. The molecule has 1 atom stereocenters. The first-order chi connectivity index (χ1) is 7.04. The Morgan fingerprint density at radius 1 is 1.27 bits per heavy atom. The highest BCUT2D eigenvalue weighted by Gasteiger charge is 2.10. The fraction of sp³-hybridized carbons (Fsp3) is 0.429. The minimum Gasteiger partial charge on any atom is -0.491 e. The lowest BCUT2D eigenvalue weighted by molar-refractivity contribution is 0.239. The summed E-state index contributed by atoms with van der Waals surface area (Å²) in [7, 11) is 0. The summed E-state index contributed by atoms with van der Waals surface area (Å²) in [4.78, 5) is 0. The summed E-state index contributed by atoms with van der Waals surface area (Å²) in [6, 6.07) is 6.30. The predicted molar refractivity (Wildman–Crippen MR) is 65.6 cm³/mol. The quantitative estimate of drug-likeness (QED) is 0.672. The van der Waals surface area contributed by atoms with E-state index in [9.17, 15) is 0 Å². The molecule has 0 saturated carbocycles. The molecule has 0 aromatic heterocycles. The van der Waals surface area contributed by atoms with Crippen LogP contribution in [0.3, 0.4) is 0 Å². The highest BCUT2D eigenvalue weighted by atomic mass is 16.5. The van der Waals surface area contributed by atoms with E-state index in [0.717, 1.165) is 5.75 Å². The first-order valence-electron chi connectivity index (χ1n) is 5.44. The van der Waals surface area contributed by atoms with E-state index >= 15 is 0 Å². The smallest absolute Gasteiger partial charge is 0.123 e. The zero-order chi connectivity index (χ0) is 11.4. The highest BCUT2D eigenvalue weighted by Crippen LogP contribution is 2.29. The van der Waals surface area contributed by atoms with Gasteiger partial charge in [0, 0.05) is 11.5 Å². The maximum Gasteiger partial charge on any atom is 0.123 e. The molecular weight excluding hydrogens is 184 g/mol. The SMILES string of the molecule is C=CC(C)c1cc(C)ccc1OC(C)C. The van der Waals surface area contributed by atoms with Crippen LogP contribution in [0.25, 0.3) is 0 Å². The van der Waals surface area contributed by atoms with Crippen LogP contribution in [0, 0.1) is 6.92 Å². The van der Waals surface area contributed by atoms with Gasteiger partial charge in [0.1, 0.15) is 5.75 Å². The molecule has 0 heterocycles. The molecule has 0 fully saturated rings. The third-order valence-electron chi connectivity index (χ3n) is 2.37. The molecule has 1 unspecified atom stereocenters. The summed E-state index contributed by atoms with van der Waals surface area (Å²) >= 11 is 0. The predicted octanol–water partition coefficient (Wildman–Crippen LogP) is 4.07. The highest BCUT2D eigenvalue weighted by molar-refractivity contribution is 5.40. The fourth-order valence-electron chi connectivity index (χ4n) is 1.51. The number of ether oxygens (including phenoxy) is 1. The minimum absolute atomic E-state index is 0.212. The van der Waals surface area contributed by atoms with Crippen molar-refractivity contribution in [2.24, 2.45) is 0 Å². The van der Waals surface area contributed by atoms with Gasteiger partial charge in [-0.2, -0.15) is 0 Å². The second-order valence-corrected chi connectivity index (χ2v) is 4.23. The van der Waals surface area contributed by atoms with Gasteiger partial charge in [-0.1, -0.05) is 30.7 Å². The first-order valence-corrected chi connectivity index (χ1v) is 5.44. The first kappa shape index (κ1) is 11.8. The van der Waals surface area contributed by atoms with E-state index in [1.54, 1.807) is 0 Å². The van der Waals surface area contributed by atoms with Gasteiger partial charge in [0.15, 0.2) is 0 Å². The van der Waals surface area contributed by atoms with Crippen molar-refractivity contribution in [3.05, 3.63) is 42.0 Å². The van der Waals surface area contributed by atoms with Crippen LogP contribution in [0.1, 0.15) is 37.8 Å². The number of aryl methyl sites for hydroxylation is 1. The average Bonchev–Trinajstić information content (AvgIpc) is 2.19. The van der Waals surface area contributed by atoms with Crippen LogP contribution in [0.5, 0.6) is 5.75 Å². The zero-order valence-electron chi connectivity index (χ0n) is 10.1. The van der Waals surface area contributed by atoms with Gasteiger partial charge in [-0.15, -0.1) is 6.58 Å². The molecule has 0 saturated heterocycles. The van der Waals surface area contributed by atoms with Gasteiger partial charge in [0.25, 0.3) is 0 Å². The summed E-state index contributed by atoms with van der Waals surface area (Å²) in [6.07, 6.45) is 2.16. The van der Waals surface area contributed by atoms with Crippen molar-refractivity contribution in [1.82, 2.24) is 0 Å². The molecule has 0 bridgehead atoms. The van der Waals surface area contributed by atoms with Crippen LogP contribution in [0.2, 0.25) is 0 Å². The molecule has 0 aliphatic rings. The summed E-state index contributed by atoms with van der Waals surface area (Å²) in [5.41, 5.74) is 2.48. The molecule has 0 N–H and O–H groups in total. The lowest BCUT2D eigenvalue weighted by Gasteiger charge is -2.17. The summed E-state index contributed by atoms with van der Waals surface area (Å²) in [5.74, 6) is 1.31. The number of rotatable bonds is 4. The summed E-state index contributed by atoms with van der Waals surface area (Å²) in [5, 5.41) is 0. The van der Waals surface area contributed by atoms with Gasteiger partial charge in [-0.3, -0.25) is 0 Å². The van der Waals surface area contributed by atoms with Crippen LogP contribution in [0.15, 0.2) is 30.9 Å². The maximum absolute atomic E-state index is 5.78. The second-order valence-electron chi connectivity index (χ2n) is 4.23. The molecule has 1 rings (SSSR count). The Morgan fingerprint density at radius 3 is 2.47 bits per heavy atom. The zero-order valence-corrected chi connectivity index (χ0v) is 10.1. The van der Waals surface area contributed by atoms with Crippen molar-refractivity contribution in [2.75, 3.05) is 0 Å². The fourth-order valence-corrected chi connectivity index (χ4v) is 1.51. The van der Waals surface area contributed by atoms with Crippen molar-refractivity contribution in [3.63, 3.8) is 0 Å². The molecule has 1 nitrogen and oxygen atoms in total. The molecule has 0 amide bonds. The van der Waals surface area contributed by atoms with Gasteiger partial charge in [-0.05, 0) is 26.8 Å². The van der Waals surface area contributed by atoms with E-state index in [2.05, 4.69) is 32.6 Å². The second kappa shape index (κ2) is 5.01. The van der Waals surface area contributed by atoms with Crippen LogP contribution < -0.4 is 4.74 Å². The largest absolute Gasteiger partial charge is 0.491 e. The standard InChI is InChI=1S/C14H20O/c1-6-12(5)13-9-11(4)7-8-14(13)15-10(2)3/h6-10,12H,1H2,2-5H3. The molecule has 0 aliphatic heterocycles. The van der Waals surface area contributed by atoms with E-state index in [0.29, 0.717) is 5.92 Å². The number of hydrogen-bond donors (Lipinski definition) is 0. The molecule has 0 spiro atoms. The monoisotopic (exact) mass is 204 g/mol. The average molecular weight is 204 g/mol. The maximum atomic E-state index is 5.78. The molecular formula is C14H20O. The third-order valence-corrected chi connectivity index (χ3v) is 2.37. The molecule has 15 heavy (non-hydrogen) atoms. The Morgan fingerprint density at radius 2 is 1.93 bits per heavy atom. The van der Waals surface area contributed by atoms with Crippen molar-refractivity contribution >= 4 is 0 Å². The topological polar surface area (TPSA) is 9.23 Å². The Labute approximate surface area is 92.8 Å². The van der Waals surface area contributed by atoms with E-state index in [-0.39, 0.29) is 6.10 Å². The van der Waals surface area contributed by atoms with E-state index < -0.39 is 0 Å². The molecule has 0 radical (unpaired) electrons. The van der Waals surface area contributed by atoms with Crippen molar-refractivity contribution in [2.45, 2.75) is 39.7 Å². The van der Waals surface area contributed by atoms with Crippen molar-refractivity contribution < 1.29 is 4.74 Å². The Bertz CT molecular complexity index is 339. The van der Waals surface area contributed by atoms with Crippen LogP contribution in [-0.4, -0.2) is 6.10 Å². The third kappa shape index (κ3) is 3.12. The molecule has 82 valence electrons. The van der Waals surface area contributed by atoms with E-state index in [4.69, 9.17) is 4.74 Å². The Kier molecular flexibility index (Phi) is 3.96. The van der Waals surface area contributed by atoms with Gasteiger partial charge in [-0.25, -0.2) is 0 Å². The minimum atomic E-state index is 0.212. The molecule has 1 heteroatoms. The van der Waals surface area contributed by atoms with Crippen LogP contribution in [-0.2, 0) is 0 Å². The van der Waals surface area contributed by atoms with Crippen LogP contribution >= 0.6 is 0 Å². The van der Waals surface area contributed by atoms with E-state index in [1.807, 2.05) is 26.0 Å². The van der Waals surface area contributed by atoms with Gasteiger partial charge < -0.3 is 4.74 Å². The lowest BCUT2D eigenvalue weighted by Crippen LogP contribution is -2.08. The Balaban J connectivity index is 3.08. The number of allylic oxidation sites excluding steroid dienone is 1. The van der Waals surface area contributed by atoms with Crippen molar-refractivity contribution in [3.8, 4) is 5.75 Å². The van der Waals surface area contributed by atoms with Gasteiger partial charge >= 0.3 is 0 Å². The normalized spacial score (nSPS) is 12.6. The molecule has 1 aromatic rings. The Hall–Kier alpha value is -1.24. The molecule has 1 aromatic carbocycles. The molecule has 0 aliphatic carbocycles. The van der Waals surface area contributed by atoms with Gasteiger partial charge in [0.05, 0.1) is 6.10 Å². The van der Waals surface area contributed by atoms with E-state index in [1.165, 1.54) is 11.1 Å². The van der Waals surface area contributed by atoms with Crippen LogP contribution in [0.4, 0.5) is 0 Å².